The second kappa shape index (κ2) is 6.45. The highest BCUT2D eigenvalue weighted by molar-refractivity contribution is 5.91. The van der Waals surface area contributed by atoms with Crippen molar-refractivity contribution in [2.24, 2.45) is 0 Å². The van der Waals surface area contributed by atoms with E-state index in [1.54, 1.807) is 14.2 Å². The minimum Gasteiger partial charge on any atom is -0.497 e. The molecule has 3 heteroatoms. The van der Waals surface area contributed by atoms with Crippen LogP contribution in [-0.4, -0.2) is 19.2 Å². The second-order valence-electron chi connectivity index (χ2n) is 7.23. The summed E-state index contributed by atoms with van der Waals surface area (Å²) in [7, 11) is 3.44. The number of hydrogen-bond acceptors (Lipinski definition) is 2. The molecule has 1 aliphatic carbocycles. The summed E-state index contributed by atoms with van der Waals surface area (Å²) in [6.45, 7) is 2.21. The first kappa shape index (κ1) is 16.9. The first-order valence-electron chi connectivity index (χ1n) is 9.71. The lowest BCUT2D eigenvalue weighted by atomic mass is 9.86. The maximum absolute atomic E-state index is 5.85. The van der Waals surface area contributed by atoms with E-state index in [4.69, 9.17) is 9.47 Å². The van der Waals surface area contributed by atoms with E-state index in [1.807, 2.05) is 6.07 Å². The third kappa shape index (κ3) is 2.29. The van der Waals surface area contributed by atoms with Crippen LogP contribution in [0.2, 0.25) is 0 Å². The first-order chi connectivity index (χ1) is 13.8. The number of rotatable bonds is 4. The van der Waals surface area contributed by atoms with Crippen molar-refractivity contribution in [2.75, 3.05) is 14.2 Å². The van der Waals surface area contributed by atoms with Gasteiger partial charge in [-0.15, -0.1) is 0 Å². The molecule has 5 rings (SSSR count). The molecule has 140 valence electrons. The average molecular weight is 369 g/mol. The molecule has 0 bridgehead atoms. The smallest absolute Gasteiger partial charge is 0.127 e. The molecular formula is C25H23NO2. The van der Waals surface area contributed by atoms with Gasteiger partial charge in [-0.25, -0.2) is 0 Å². The number of nitrogens with one attached hydrogen (secondary N) is 1. The summed E-state index contributed by atoms with van der Waals surface area (Å²) in [5, 5.41) is 1.28. The summed E-state index contributed by atoms with van der Waals surface area (Å²) < 4.78 is 11.4. The number of aromatic nitrogens is 1. The maximum atomic E-state index is 5.85. The van der Waals surface area contributed by atoms with E-state index in [9.17, 15) is 0 Å². The fourth-order valence-corrected chi connectivity index (χ4v) is 4.69. The Hall–Kier alpha value is -3.20. The van der Waals surface area contributed by atoms with E-state index in [0.717, 1.165) is 17.9 Å². The Labute approximate surface area is 164 Å². The number of para-hydroxylation sites is 1. The zero-order chi connectivity index (χ0) is 19.3. The second-order valence-corrected chi connectivity index (χ2v) is 7.23. The Morgan fingerprint density at radius 2 is 1.64 bits per heavy atom. The largest absolute Gasteiger partial charge is 0.497 e. The topological polar surface area (TPSA) is 34.2 Å². The third-order valence-electron chi connectivity index (χ3n) is 5.89. The molecule has 1 aromatic heterocycles. The van der Waals surface area contributed by atoms with Crippen molar-refractivity contribution in [3.63, 3.8) is 0 Å². The summed E-state index contributed by atoms with van der Waals surface area (Å²) in [4.78, 5) is 3.65. The molecule has 0 aliphatic heterocycles. The zero-order valence-corrected chi connectivity index (χ0v) is 16.4. The van der Waals surface area contributed by atoms with Gasteiger partial charge in [0.1, 0.15) is 11.5 Å². The molecule has 3 aromatic carbocycles. The van der Waals surface area contributed by atoms with Gasteiger partial charge in [0, 0.05) is 34.1 Å². The Morgan fingerprint density at radius 1 is 0.857 bits per heavy atom. The third-order valence-corrected chi connectivity index (χ3v) is 5.89. The van der Waals surface area contributed by atoms with Crippen LogP contribution in [0.15, 0.2) is 60.7 Å². The highest BCUT2D eigenvalue weighted by Crippen LogP contribution is 2.54. The van der Waals surface area contributed by atoms with Gasteiger partial charge in [-0.1, -0.05) is 49.4 Å². The van der Waals surface area contributed by atoms with E-state index in [2.05, 4.69) is 66.5 Å². The normalized spacial score (nSPS) is 14.8. The van der Waals surface area contributed by atoms with E-state index < -0.39 is 0 Å². The molecule has 0 fully saturated rings. The lowest BCUT2D eigenvalue weighted by Crippen LogP contribution is -2.04. The summed E-state index contributed by atoms with van der Waals surface area (Å²) in [5.74, 6) is 1.83. The number of fused-ring (bicyclic) bond motifs is 4. The zero-order valence-electron chi connectivity index (χ0n) is 16.4. The molecule has 0 radical (unpaired) electrons. The van der Waals surface area contributed by atoms with Crippen molar-refractivity contribution < 1.29 is 9.47 Å². The van der Waals surface area contributed by atoms with Gasteiger partial charge in [0.05, 0.1) is 14.2 Å². The van der Waals surface area contributed by atoms with Crippen LogP contribution in [0.4, 0.5) is 0 Å². The van der Waals surface area contributed by atoms with Crippen LogP contribution in [0.1, 0.15) is 35.2 Å². The van der Waals surface area contributed by atoms with Crippen molar-refractivity contribution in [1.82, 2.24) is 4.98 Å². The van der Waals surface area contributed by atoms with E-state index >= 15 is 0 Å². The molecule has 28 heavy (non-hydrogen) atoms. The highest BCUT2D eigenvalue weighted by Gasteiger charge is 2.36. The number of ether oxygens (including phenoxy) is 2. The molecular weight excluding hydrogens is 346 g/mol. The number of hydrogen-bond donors (Lipinski definition) is 1. The molecule has 1 N–H and O–H groups in total. The molecule has 1 unspecified atom stereocenters. The monoisotopic (exact) mass is 369 g/mol. The van der Waals surface area contributed by atoms with Crippen LogP contribution >= 0.6 is 0 Å². The van der Waals surface area contributed by atoms with Crippen LogP contribution < -0.4 is 9.47 Å². The summed E-state index contributed by atoms with van der Waals surface area (Å²) in [6.07, 6.45) is 0.955. The fourth-order valence-electron chi connectivity index (χ4n) is 4.69. The fraction of sp³-hybridized carbons (Fsp3) is 0.200. The van der Waals surface area contributed by atoms with Crippen LogP contribution in [-0.2, 0) is 6.42 Å². The van der Waals surface area contributed by atoms with Gasteiger partial charge in [0.15, 0.2) is 0 Å². The van der Waals surface area contributed by atoms with Gasteiger partial charge in [0.2, 0.25) is 0 Å². The van der Waals surface area contributed by atoms with Crippen molar-refractivity contribution in [2.45, 2.75) is 19.3 Å². The van der Waals surface area contributed by atoms with Crippen LogP contribution in [0.5, 0.6) is 11.5 Å². The summed E-state index contributed by atoms with van der Waals surface area (Å²) in [5.41, 5.74) is 8.83. The van der Waals surface area contributed by atoms with Crippen LogP contribution in [0, 0.1) is 0 Å². The van der Waals surface area contributed by atoms with Gasteiger partial charge in [0.25, 0.3) is 0 Å². The predicted octanol–water partition coefficient (Wildman–Crippen LogP) is 5.91. The van der Waals surface area contributed by atoms with E-state index in [0.29, 0.717) is 0 Å². The highest BCUT2D eigenvalue weighted by atomic mass is 16.5. The molecule has 0 amide bonds. The Kier molecular flexibility index (Phi) is 3.90. The van der Waals surface area contributed by atoms with Gasteiger partial charge in [-0.3, -0.25) is 0 Å². The molecule has 3 nitrogen and oxygen atoms in total. The van der Waals surface area contributed by atoms with Gasteiger partial charge < -0.3 is 14.5 Å². The molecule has 1 heterocycles. The van der Waals surface area contributed by atoms with E-state index in [1.165, 1.54) is 44.4 Å². The number of aromatic amines is 1. The lowest BCUT2D eigenvalue weighted by molar-refractivity contribution is 0.391. The predicted molar refractivity (Wildman–Crippen MR) is 114 cm³/mol. The number of aryl methyl sites for hydroxylation is 1. The number of methoxy groups -OCH3 is 2. The van der Waals surface area contributed by atoms with Gasteiger partial charge >= 0.3 is 0 Å². The van der Waals surface area contributed by atoms with Crippen molar-refractivity contribution in [3.8, 4) is 22.6 Å². The van der Waals surface area contributed by atoms with Gasteiger partial charge in [-0.2, -0.15) is 0 Å². The Balaban J connectivity index is 1.88. The minimum atomic E-state index is 0.137. The summed E-state index contributed by atoms with van der Waals surface area (Å²) in [6, 6.07) is 21.4. The molecule has 0 spiro atoms. The Morgan fingerprint density at radius 3 is 2.43 bits per heavy atom. The van der Waals surface area contributed by atoms with Gasteiger partial charge in [-0.05, 0) is 40.8 Å². The first-order valence-corrected chi connectivity index (χ1v) is 9.71. The van der Waals surface area contributed by atoms with Crippen molar-refractivity contribution in [3.05, 3.63) is 83.0 Å². The Bertz CT molecular complexity index is 1190. The molecule has 0 saturated heterocycles. The molecule has 1 aliphatic rings. The quantitative estimate of drug-likeness (QED) is 0.427. The average Bonchev–Trinajstić information content (AvgIpc) is 3.28. The molecule has 1 atom stereocenters. The van der Waals surface area contributed by atoms with Crippen LogP contribution in [0.3, 0.4) is 0 Å². The number of H-pyrrole nitrogens is 1. The number of benzene rings is 3. The van der Waals surface area contributed by atoms with Crippen LogP contribution in [0.25, 0.3) is 22.0 Å². The minimum absolute atomic E-state index is 0.137. The molecule has 4 aromatic rings. The van der Waals surface area contributed by atoms with Crippen molar-refractivity contribution >= 4 is 10.9 Å². The standard InChI is InChI=1S/C25H23NO2/c1-4-20-23(18-11-7-8-12-21(18)26-20)25-17-10-6-5-9-16(17)19-13-15(27-2)14-22(28-3)24(19)25/h5-14,25-26H,4H2,1-3H3. The lowest BCUT2D eigenvalue weighted by Gasteiger charge is -2.19. The van der Waals surface area contributed by atoms with Crippen molar-refractivity contribution in [1.29, 1.82) is 0 Å². The molecule has 0 saturated carbocycles. The van der Waals surface area contributed by atoms with E-state index in [-0.39, 0.29) is 5.92 Å². The SMILES string of the molecule is CCc1[nH]c2ccccc2c1C1c2ccccc2-c2cc(OC)cc(OC)c21. The maximum Gasteiger partial charge on any atom is 0.127 e. The summed E-state index contributed by atoms with van der Waals surface area (Å²) >= 11 is 0.